The van der Waals surface area contributed by atoms with Crippen LogP contribution in [0.25, 0.3) is 0 Å². The number of carbonyl (C=O) groups is 2. The number of methoxy groups -OCH3 is 2. The van der Waals surface area contributed by atoms with E-state index < -0.39 is 53.2 Å². The summed E-state index contributed by atoms with van der Waals surface area (Å²) >= 11 is 0. The lowest BCUT2D eigenvalue weighted by Crippen LogP contribution is -2.42. The van der Waals surface area contributed by atoms with Gasteiger partial charge in [-0.05, 0) is 60.0 Å². The van der Waals surface area contributed by atoms with Crippen molar-refractivity contribution >= 4 is 11.8 Å². The van der Waals surface area contributed by atoms with Crippen LogP contribution in [0.2, 0.25) is 0 Å². The second-order valence-corrected chi connectivity index (χ2v) is 13.0. The zero-order chi connectivity index (χ0) is 38.0. The largest absolute Gasteiger partial charge is 0.497 e. The minimum absolute atomic E-state index is 0.116. The van der Waals surface area contributed by atoms with Crippen LogP contribution in [0.1, 0.15) is 49.2 Å². The predicted octanol–water partition coefficient (Wildman–Crippen LogP) is 3.81. The first-order valence-electron chi connectivity index (χ1n) is 17.4. The van der Waals surface area contributed by atoms with Crippen molar-refractivity contribution in [1.29, 1.82) is 0 Å². The van der Waals surface area contributed by atoms with Crippen molar-refractivity contribution in [2.24, 2.45) is 0 Å². The van der Waals surface area contributed by atoms with Gasteiger partial charge in [0.15, 0.2) is 6.23 Å². The molecule has 0 saturated carbocycles. The molecule has 2 aliphatic rings. The molecule has 3 heterocycles. The van der Waals surface area contributed by atoms with Crippen LogP contribution < -0.4 is 20.7 Å². The molecule has 4 atom stereocenters. The topological polar surface area (TPSA) is 159 Å². The molecule has 0 radical (unpaired) electrons. The maximum atomic E-state index is 13.2. The van der Waals surface area contributed by atoms with Crippen LogP contribution in [0.4, 0.5) is 0 Å². The van der Waals surface area contributed by atoms with Gasteiger partial charge in [0.1, 0.15) is 35.4 Å². The van der Waals surface area contributed by atoms with Gasteiger partial charge in [0, 0.05) is 11.8 Å². The summed E-state index contributed by atoms with van der Waals surface area (Å²) in [5.74, 6) is 0.394. The smallest absolute Gasteiger partial charge is 0.330 e. The summed E-state index contributed by atoms with van der Waals surface area (Å²) in [6.45, 7) is 1.05. The zero-order valence-corrected chi connectivity index (χ0v) is 29.8. The maximum Gasteiger partial charge on any atom is 0.330 e. The van der Waals surface area contributed by atoms with E-state index in [-0.39, 0.29) is 25.3 Å². The number of amides is 2. The number of aryl methyl sites for hydroxylation is 1. The molecular weight excluding hydrogens is 694 g/mol. The third kappa shape index (κ3) is 6.62. The van der Waals surface area contributed by atoms with Crippen LogP contribution in [-0.2, 0) is 19.8 Å². The van der Waals surface area contributed by atoms with E-state index >= 15 is 0 Å². The van der Waals surface area contributed by atoms with Crippen molar-refractivity contribution in [2.75, 3.05) is 34.0 Å². The van der Waals surface area contributed by atoms with Gasteiger partial charge < -0.3 is 28.8 Å². The molecule has 13 heteroatoms. The number of fused-ring (bicyclic) bond motifs is 1. The molecule has 2 aliphatic heterocycles. The molecule has 2 amide bonds. The van der Waals surface area contributed by atoms with Gasteiger partial charge in [-0.15, -0.1) is 0 Å². The average Bonchev–Trinajstić information content (AvgIpc) is 3.64. The van der Waals surface area contributed by atoms with Gasteiger partial charge >= 0.3 is 5.69 Å². The van der Waals surface area contributed by atoms with E-state index in [2.05, 4.69) is 4.98 Å². The highest BCUT2D eigenvalue weighted by Crippen LogP contribution is 2.43. The molecule has 1 saturated heterocycles. The van der Waals surface area contributed by atoms with Gasteiger partial charge in [-0.25, -0.2) is 4.79 Å². The predicted molar refractivity (Wildman–Crippen MR) is 196 cm³/mol. The summed E-state index contributed by atoms with van der Waals surface area (Å²) in [5.41, 5.74) is 0.548. The molecule has 54 heavy (non-hydrogen) atoms. The van der Waals surface area contributed by atoms with E-state index in [9.17, 15) is 24.3 Å². The summed E-state index contributed by atoms with van der Waals surface area (Å²) in [5, 5.41) is 11.9. The highest BCUT2D eigenvalue weighted by Gasteiger charge is 2.48. The normalized spacial score (nSPS) is 19.6. The molecule has 7 rings (SSSR count). The molecule has 5 aromatic rings. The molecule has 278 valence electrons. The minimum atomic E-state index is -1.36. The van der Waals surface area contributed by atoms with Crippen molar-refractivity contribution in [2.45, 2.75) is 37.1 Å². The number of ether oxygens (including phenoxy) is 5. The second kappa shape index (κ2) is 15.2. The fourth-order valence-corrected chi connectivity index (χ4v) is 7.04. The molecule has 4 aromatic carbocycles. The Hall–Kier alpha value is -5.86. The van der Waals surface area contributed by atoms with Gasteiger partial charge in [0.25, 0.3) is 17.4 Å². The number of imide groups is 1. The standard InChI is InChI=1S/C41H39N3O10/c1-25-23-44(40(49)42-36(25)46)39-35(52-22-21-43-37(47)31-11-7-8-12-32(31)38(43)48)34(45)33(54-39)24-53-41(26-9-5-4-6-10-26,27-13-17-29(50-2)18-14-27)28-15-19-30(51-3)20-16-28/h4-20,23,33-35,39,45H,21-22,24H2,1-3H3,(H,42,46,49)/t33-,34?,35?,39-/m0/s1. The Morgan fingerprint density at radius 1 is 0.759 bits per heavy atom. The van der Waals surface area contributed by atoms with Crippen LogP contribution in [0.5, 0.6) is 11.5 Å². The van der Waals surface area contributed by atoms with Gasteiger partial charge in [-0.3, -0.25) is 28.8 Å². The molecule has 0 spiro atoms. The first-order chi connectivity index (χ1) is 26.2. The number of nitrogens with one attached hydrogen (secondary N) is 1. The number of hydrogen-bond acceptors (Lipinski definition) is 10. The van der Waals surface area contributed by atoms with Crippen molar-refractivity contribution in [3.05, 3.63) is 164 Å². The number of carbonyl (C=O) groups excluding carboxylic acids is 2. The Balaban J connectivity index is 1.22. The van der Waals surface area contributed by atoms with Crippen LogP contribution in [0, 0.1) is 6.92 Å². The van der Waals surface area contributed by atoms with E-state index in [0.717, 1.165) is 26.2 Å². The summed E-state index contributed by atoms with van der Waals surface area (Å²) in [6.07, 6.45) is -3.47. The monoisotopic (exact) mass is 733 g/mol. The molecule has 1 aromatic heterocycles. The number of aliphatic hydroxyl groups is 1. The van der Waals surface area contributed by atoms with Gasteiger partial charge in [0.2, 0.25) is 0 Å². The fraction of sp³-hybridized carbons (Fsp3) is 0.268. The Labute approximate surface area is 310 Å². The summed E-state index contributed by atoms with van der Waals surface area (Å²) < 4.78 is 31.6. The third-order valence-electron chi connectivity index (χ3n) is 9.87. The number of benzene rings is 4. The number of aromatic nitrogens is 2. The lowest BCUT2D eigenvalue weighted by molar-refractivity contribution is -0.0983. The van der Waals surface area contributed by atoms with Crippen LogP contribution >= 0.6 is 0 Å². The molecule has 2 N–H and O–H groups in total. The van der Waals surface area contributed by atoms with Crippen LogP contribution in [-0.4, -0.2) is 83.7 Å². The summed E-state index contributed by atoms with van der Waals surface area (Å²) in [4.78, 5) is 54.8. The molecular formula is C41H39N3O10. The lowest BCUT2D eigenvalue weighted by atomic mass is 9.80. The molecule has 2 unspecified atom stereocenters. The number of hydrogen-bond donors (Lipinski definition) is 2. The van der Waals surface area contributed by atoms with E-state index in [1.165, 1.54) is 13.1 Å². The number of aliphatic hydroxyl groups excluding tert-OH is 1. The maximum absolute atomic E-state index is 13.2. The minimum Gasteiger partial charge on any atom is -0.497 e. The Morgan fingerprint density at radius 3 is 1.85 bits per heavy atom. The SMILES string of the molecule is COc1ccc(C(OC[C@@H]2O[C@H](n3cc(C)c(=O)[nH]c3=O)C(OCCN3C(=O)c4ccccc4C3=O)C2O)(c2ccccc2)c2ccc(OC)cc2)cc1. The van der Waals surface area contributed by atoms with Crippen LogP contribution in [0.3, 0.4) is 0 Å². The first kappa shape index (κ1) is 36.5. The molecule has 13 nitrogen and oxygen atoms in total. The number of nitrogens with zero attached hydrogens (tertiary/aromatic N) is 2. The highest BCUT2D eigenvalue weighted by atomic mass is 16.6. The van der Waals surface area contributed by atoms with E-state index in [0.29, 0.717) is 22.6 Å². The third-order valence-corrected chi connectivity index (χ3v) is 9.87. The van der Waals surface area contributed by atoms with E-state index in [1.807, 2.05) is 78.9 Å². The number of aromatic amines is 1. The van der Waals surface area contributed by atoms with Crippen molar-refractivity contribution in [3.8, 4) is 11.5 Å². The highest BCUT2D eigenvalue weighted by molar-refractivity contribution is 6.21. The van der Waals surface area contributed by atoms with Crippen LogP contribution in [0.15, 0.2) is 119 Å². The first-order valence-corrected chi connectivity index (χ1v) is 17.4. The Kier molecular flexibility index (Phi) is 10.3. The summed E-state index contributed by atoms with van der Waals surface area (Å²) in [7, 11) is 3.17. The molecule has 0 aliphatic carbocycles. The second-order valence-electron chi connectivity index (χ2n) is 13.0. The molecule has 1 fully saturated rings. The van der Waals surface area contributed by atoms with Gasteiger partial charge in [0.05, 0.1) is 45.1 Å². The van der Waals surface area contributed by atoms with Crippen molar-refractivity contribution in [1.82, 2.24) is 14.5 Å². The Bertz CT molecular complexity index is 2170. The van der Waals surface area contributed by atoms with Gasteiger partial charge in [-0.2, -0.15) is 0 Å². The lowest BCUT2D eigenvalue weighted by Gasteiger charge is -2.37. The fourth-order valence-electron chi connectivity index (χ4n) is 7.04. The summed E-state index contributed by atoms with van der Waals surface area (Å²) in [6, 6.07) is 31.1. The number of H-pyrrole nitrogens is 1. The Morgan fingerprint density at radius 2 is 1.30 bits per heavy atom. The van der Waals surface area contributed by atoms with E-state index in [1.54, 1.807) is 38.5 Å². The average molecular weight is 734 g/mol. The number of rotatable bonds is 13. The van der Waals surface area contributed by atoms with Crippen molar-refractivity contribution in [3.63, 3.8) is 0 Å². The molecule has 0 bridgehead atoms. The van der Waals surface area contributed by atoms with Crippen molar-refractivity contribution < 1.29 is 38.4 Å². The van der Waals surface area contributed by atoms with Gasteiger partial charge in [-0.1, -0.05) is 66.7 Å². The zero-order valence-electron chi connectivity index (χ0n) is 29.8. The van der Waals surface area contributed by atoms with E-state index in [4.69, 9.17) is 23.7 Å². The quantitative estimate of drug-likeness (QED) is 0.135.